The third-order valence-corrected chi connectivity index (χ3v) is 1.96. The van der Waals surface area contributed by atoms with E-state index in [0.717, 1.165) is 25.9 Å². The van der Waals surface area contributed by atoms with Crippen LogP contribution in [0.4, 0.5) is 0 Å². The van der Waals surface area contributed by atoms with E-state index in [9.17, 15) is 4.79 Å². The van der Waals surface area contributed by atoms with Crippen LogP contribution in [0.25, 0.3) is 0 Å². The lowest BCUT2D eigenvalue weighted by atomic mass is 10.1. The van der Waals surface area contributed by atoms with Crippen molar-refractivity contribution in [2.75, 3.05) is 13.1 Å². The van der Waals surface area contributed by atoms with Gasteiger partial charge in [-0.25, -0.2) is 0 Å². The fourth-order valence-corrected chi connectivity index (χ4v) is 1.17. The van der Waals surface area contributed by atoms with E-state index in [2.05, 4.69) is 13.2 Å². The molecule has 0 N–H and O–H groups in total. The third kappa shape index (κ3) is 1.93. The summed E-state index contributed by atoms with van der Waals surface area (Å²) in [6.45, 7) is 8.93. The molecule has 0 radical (unpaired) electrons. The molecule has 0 unspecified atom stereocenters. The number of likely N-dealkylation sites (tertiary alicyclic amines) is 1. The molecule has 11 heavy (non-hydrogen) atoms. The van der Waals surface area contributed by atoms with Crippen molar-refractivity contribution in [3.05, 3.63) is 24.8 Å². The van der Waals surface area contributed by atoms with Gasteiger partial charge in [-0.2, -0.15) is 0 Å². The zero-order valence-electron chi connectivity index (χ0n) is 6.68. The van der Waals surface area contributed by atoms with Gasteiger partial charge in [0.2, 0.25) is 5.91 Å². The Morgan fingerprint density at radius 3 is 2.45 bits per heavy atom. The molecule has 60 valence electrons. The summed E-state index contributed by atoms with van der Waals surface area (Å²) in [5.41, 5.74) is 1.25. The van der Waals surface area contributed by atoms with Crippen molar-refractivity contribution < 1.29 is 4.79 Å². The van der Waals surface area contributed by atoms with Crippen molar-refractivity contribution in [1.82, 2.24) is 4.90 Å². The molecule has 1 aliphatic heterocycles. The van der Waals surface area contributed by atoms with E-state index in [4.69, 9.17) is 0 Å². The van der Waals surface area contributed by atoms with Crippen LogP contribution in [0.15, 0.2) is 24.8 Å². The summed E-state index contributed by atoms with van der Waals surface area (Å²) in [4.78, 5) is 12.9. The molecule has 0 aromatic carbocycles. The summed E-state index contributed by atoms with van der Waals surface area (Å²) >= 11 is 0. The Labute approximate surface area is 67.2 Å². The van der Waals surface area contributed by atoms with Gasteiger partial charge < -0.3 is 4.90 Å². The molecule has 0 saturated carbocycles. The average Bonchev–Trinajstić information content (AvgIpc) is 2.05. The van der Waals surface area contributed by atoms with Crippen molar-refractivity contribution in [3.63, 3.8) is 0 Å². The summed E-state index contributed by atoms with van der Waals surface area (Å²) in [5.74, 6) is 0.0394. The van der Waals surface area contributed by atoms with E-state index in [1.54, 1.807) is 0 Å². The Balaban J connectivity index is 2.44. The minimum atomic E-state index is 0.0394. The number of amides is 1. The van der Waals surface area contributed by atoms with Crippen LogP contribution in [0.2, 0.25) is 0 Å². The van der Waals surface area contributed by atoms with Crippen LogP contribution in [-0.4, -0.2) is 23.9 Å². The van der Waals surface area contributed by atoms with Gasteiger partial charge in [-0.05, 0) is 18.9 Å². The molecule has 1 saturated heterocycles. The van der Waals surface area contributed by atoms with Crippen LogP contribution in [0.5, 0.6) is 0 Å². The third-order valence-electron chi connectivity index (χ3n) is 1.96. The molecule has 1 rings (SSSR count). The average molecular weight is 151 g/mol. The molecule has 0 aromatic rings. The second kappa shape index (κ2) is 3.37. The standard InChI is InChI=1S/C9H13NO/c1-3-9(11)10-6-4-8(2)5-7-10/h3H,1-2,4-7H2. The summed E-state index contributed by atoms with van der Waals surface area (Å²) in [6.07, 6.45) is 3.26. The predicted molar refractivity (Wildman–Crippen MR) is 45.2 cm³/mol. The lowest BCUT2D eigenvalue weighted by Crippen LogP contribution is -2.34. The Morgan fingerprint density at radius 1 is 1.45 bits per heavy atom. The monoisotopic (exact) mass is 151 g/mol. The first-order chi connectivity index (χ1) is 5.24. The van der Waals surface area contributed by atoms with Gasteiger partial charge >= 0.3 is 0 Å². The summed E-state index contributed by atoms with van der Waals surface area (Å²) < 4.78 is 0. The predicted octanol–water partition coefficient (Wildman–Crippen LogP) is 1.35. The van der Waals surface area contributed by atoms with E-state index in [1.807, 2.05) is 4.90 Å². The minimum Gasteiger partial charge on any atom is -0.339 e. The number of hydrogen-bond donors (Lipinski definition) is 0. The molecule has 0 aromatic heterocycles. The van der Waals surface area contributed by atoms with Gasteiger partial charge in [0, 0.05) is 13.1 Å². The van der Waals surface area contributed by atoms with E-state index in [1.165, 1.54) is 11.6 Å². The first kappa shape index (κ1) is 8.05. The van der Waals surface area contributed by atoms with Crippen LogP contribution in [0.1, 0.15) is 12.8 Å². The highest BCUT2D eigenvalue weighted by Gasteiger charge is 2.14. The molecule has 2 heteroatoms. The fourth-order valence-electron chi connectivity index (χ4n) is 1.17. The lowest BCUT2D eigenvalue weighted by molar-refractivity contribution is -0.126. The maximum Gasteiger partial charge on any atom is 0.245 e. The fraction of sp³-hybridized carbons (Fsp3) is 0.444. The second-order valence-corrected chi connectivity index (χ2v) is 2.78. The van der Waals surface area contributed by atoms with Gasteiger partial charge in [-0.15, -0.1) is 0 Å². The van der Waals surface area contributed by atoms with E-state index in [0.29, 0.717) is 0 Å². The maximum atomic E-state index is 11.1. The van der Waals surface area contributed by atoms with Crippen LogP contribution < -0.4 is 0 Å². The number of nitrogens with zero attached hydrogens (tertiary/aromatic N) is 1. The number of piperidine rings is 1. The Bertz CT molecular complexity index is 186. The molecular weight excluding hydrogens is 138 g/mol. The zero-order valence-corrected chi connectivity index (χ0v) is 6.68. The van der Waals surface area contributed by atoms with Crippen LogP contribution in [0.3, 0.4) is 0 Å². The highest BCUT2D eigenvalue weighted by Crippen LogP contribution is 2.13. The Kier molecular flexibility index (Phi) is 2.47. The van der Waals surface area contributed by atoms with Gasteiger partial charge in [-0.1, -0.05) is 18.7 Å². The molecule has 2 nitrogen and oxygen atoms in total. The summed E-state index contributed by atoms with van der Waals surface area (Å²) in [7, 11) is 0. The van der Waals surface area contributed by atoms with Gasteiger partial charge in [-0.3, -0.25) is 4.79 Å². The molecule has 0 bridgehead atoms. The number of carbonyl (C=O) groups is 1. The van der Waals surface area contributed by atoms with Gasteiger partial charge in [0.15, 0.2) is 0 Å². The number of hydrogen-bond acceptors (Lipinski definition) is 1. The van der Waals surface area contributed by atoms with Crippen LogP contribution in [-0.2, 0) is 4.79 Å². The van der Waals surface area contributed by atoms with Gasteiger partial charge in [0.1, 0.15) is 0 Å². The summed E-state index contributed by atoms with van der Waals surface area (Å²) in [5, 5.41) is 0. The molecule has 0 spiro atoms. The van der Waals surface area contributed by atoms with Crippen molar-refractivity contribution >= 4 is 5.91 Å². The highest BCUT2D eigenvalue weighted by molar-refractivity contribution is 5.87. The minimum absolute atomic E-state index is 0.0394. The van der Waals surface area contributed by atoms with Crippen LogP contribution in [0, 0.1) is 0 Å². The van der Waals surface area contributed by atoms with E-state index >= 15 is 0 Å². The zero-order chi connectivity index (χ0) is 8.27. The molecule has 1 fully saturated rings. The first-order valence-electron chi connectivity index (χ1n) is 3.82. The molecule has 1 amide bonds. The van der Waals surface area contributed by atoms with Crippen molar-refractivity contribution in [2.45, 2.75) is 12.8 Å². The normalized spacial score (nSPS) is 18.2. The molecule has 0 atom stereocenters. The molecular formula is C9H13NO. The highest BCUT2D eigenvalue weighted by atomic mass is 16.2. The maximum absolute atomic E-state index is 11.1. The Morgan fingerprint density at radius 2 is 2.00 bits per heavy atom. The first-order valence-corrected chi connectivity index (χ1v) is 3.82. The molecule has 0 aliphatic carbocycles. The van der Waals surface area contributed by atoms with Crippen LogP contribution >= 0.6 is 0 Å². The molecule has 1 aliphatic rings. The van der Waals surface area contributed by atoms with E-state index in [-0.39, 0.29) is 5.91 Å². The van der Waals surface area contributed by atoms with Crippen molar-refractivity contribution in [2.24, 2.45) is 0 Å². The number of rotatable bonds is 1. The molecule has 1 heterocycles. The topological polar surface area (TPSA) is 20.3 Å². The SMILES string of the molecule is C=CC(=O)N1CCC(=C)CC1. The second-order valence-electron chi connectivity index (χ2n) is 2.78. The van der Waals surface area contributed by atoms with Crippen molar-refractivity contribution in [1.29, 1.82) is 0 Å². The lowest BCUT2D eigenvalue weighted by Gasteiger charge is -2.26. The van der Waals surface area contributed by atoms with Gasteiger partial charge in [0.05, 0.1) is 0 Å². The smallest absolute Gasteiger partial charge is 0.245 e. The van der Waals surface area contributed by atoms with E-state index < -0.39 is 0 Å². The Hall–Kier alpha value is -1.05. The summed E-state index contributed by atoms with van der Waals surface area (Å²) in [6, 6.07) is 0. The van der Waals surface area contributed by atoms with Gasteiger partial charge in [0.25, 0.3) is 0 Å². The quantitative estimate of drug-likeness (QED) is 0.409. The largest absolute Gasteiger partial charge is 0.339 e. The number of carbonyl (C=O) groups excluding carboxylic acids is 1. The van der Waals surface area contributed by atoms with Crippen molar-refractivity contribution in [3.8, 4) is 0 Å².